The molecule has 0 radical (unpaired) electrons. The number of fused-ring (bicyclic) bond motifs is 3. The van der Waals surface area contributed by atoms with E-state index in [4.69, 9.17) is 0 Å². The van der Waals surface area contributed by atoms with Crippen LogP contribution >= 0.6 is 0 Å². The maximum atomic E-state index is 10.0. The molecule has 1 heterocycles. The van der Waals surface area contributed by atoms with Gasteiger partial charge in [0.05, 0.1) is 11.0 Å². The Morgan fingerprint density at radius 3 is 1.70 bits per heavy atom. The fourth-order valence-corrected chi connectivity index (χ4v) is 4.07. The van der Waals surface area contributed by atoms with Crippen LogP contribution in [-0.4, -0.2) is 26.0 Å². The third-order valence-corrected chi connectivity index (χ3v) is 5.88. The molecule has 0 fully saturated rings. The van der Waals surface area contributed by atoms with E-state index in [1.165, 1.54) is 30.0 Å². The molecular formula is C30H37NO2. The molecule has 3 aromatic rings. The average molecular weight is 444 g/mol. The quantitative estimate of drug-likeness (QED) is 0.442. The Kier molecular flexibility index (Phi) is 7.58. The van der Waals surface area contributed by atoms with Crippen molar-refractivity contribution in [3.8, 4) is 23.7 Å². The van der Waals surface area contributed by atoms with E-state index < -0.39 is 11.2 Å². The molecule has 0 saturated carbocycles. The number of benzene rings is 2. The number of aromatic nitrogens is 1. The average Bonchev–Trinajstić information content (AvgIpc) is 3.05. The molecule has 0 bridgehead atoms. The van der Waals surface area contributed by atoms with Crippen molar-refractivity contribution >= 4 is 21.8 Å². The fraction of sp³-hybridized carbons (Fsp3) is 0.467. The molecule has 174 valence electrons. The first-order chi connectivity index (χ1) is 15.5. The van der Waals surface area contributed by atoms with E-state index in [1.54, 1.807) is 27.7 Å². The Balaban J connectivity index is 2.20. The van der Waals surface area contributed by atoms with Gasteiger partial charge in [-0.15, -0.1) is 0 Å². The summed E-state index contributed by atoms with van der Waals surface area (Å²) in [6.45, 7) is 12.3. The molecule has 0 aliphatic rings. The molecule has 1 unspecified atom stereocenters. The SMILES string of the molecule is CCCCC(CC)Cn1c2cc(C#CC(C)(C)O)ccc2c2ccc(C#CC(C)(C)O)cc21. The van der Waals surface area contributed by atoms with Crippen molar-refractivity contribution in [1.29, 1.82) is 0 Å². The summed E-state index contributed by atoms with van der Waals surface area (Å²) in [5.74, 6) is 12.7. The van der Waals surface area contributed by atoms with Crippen LogP contribution in [0.5, 0.6) is 0 Å². The number of hydrogen-bond donors (Lipinski definition) is 2. The summed E-state index contributed by atoms with van der Waals surface area (Å²) in [5, 5.41) is 22.4. The zero-order valence-corrected chi connectivity index (χ0v) is 20.9. The van der Waals surface area contributed by atoms with Crippen molar-refractivity contribution in [2.75, 3.05) is 0 Å². The van der Waals surface area contributed by atoms with E-state index >= 15 is 0 Å². The zero-order valence-electron chi connectivity index (χ0n) is 20.9. The van der Waals surface area contributed by atoms with Gasteiger partial charge in [-0.05, 0) is 64.3 Å². The molecular weight excluding hydrogens is 406 g/mol. The van der Waals surface area contributed by atoms with Crippen LogP contribution in [0.4, 0.5) is 0 Å². The summed E-state index contributed by atoms with van der Waals surface area (Å²) >= 11 is 0. The third-order valence-electron chi connectivity index (χ3n) is 5.88. The van der Waals surface area contributed by atoms with E-state index in [2.05, 4.69) is 66.4 Å². The van der Waals surface area contributed by atoms with Crippen LogP contribution in [0.3, 0.4) is 0 Å². The molecule has 0 amide bonds. The molecule has 1 atom stereocenters. The van der Waals surface area contributed by atoms with Crippen LogP contribution < -0.4 is 0 Å². The van der Waals surface area contributed by atoms with Crippen molar-refractivity contribution in [2.45, 2.75) is 85.0 Å². The molecule has 0 aliphatic heterocycles. The van der Waals surface area contributed by atoms with E-state index in [-0.39, 0.29) is 0 Å². The minimum atomic E-state index is -1.02. The number of hydrogen-bond acceptors (Lipinski definition) is 2. The van der Waals surface area contributed by atoms with Gasteiger partial charge in [0.1, 0.15) is 11.2 Å². The fourth-order valence-electron chi connectivity index (χ4n) is 4.07. The Morgan fingerprint density at radius 1 is 0.818 bits per heavy atom. The first kappa shape index (κ1) is 24.9. The van der Waals surface area contributed by atoms with Gasteiger partial charge in [0.25, 0.3) is 0 Å². The highest BCUT2D eigenvalue weighted by Gasteiger charge is 2.16. The predicted molar refractivity (Wildman–Crippen MR) is 139 cm³/mol. The lowest BCUT2D eigenvalue weighted by Gasteiger charge is -2.17. The van der Waals surface area contributed by atoms with Crippen molar-refractivity contribution in [3.05, 3.63) is 47.5 Å². The molecule has 33 heavy (non-hydrogen) atoms. The van der Waals surface area contributed by atoms with Crippen molar-refractivity contribution in [3.63, 3.8) is 0 Å². The first-order valence-electron chi connectivity index (χ1n) is 12.1. The second kappa shape index (κ2) is 10.0. The van der Waals surface area contributed by atoms with Gasteiger partial charge in [-0.2, -0.15) is 0 Å². The number of aliphatic hydroxyl groups is 2. The highest BCUT2D eigenvalue weighted by Crippen LogP contribution is 2.32. The third kappa shape index (κ3) is 6.64. The minimum Gasteiger partial charge on any atom is -0.378 e. The van der Waals surface area contributed by atoms with Crippen LogP contribution in [0.2, 0.25) is 0 Å². The maximum absolute atomic E-state index is 10.0. The summed E-state index contributed by atoms with van der Waals surface area (Å²) in [4.78, 5) is 0. The van der Waals surface area contributed by atoms with Crippen LogP contribution in [0.15, 0.2) is 36.4 Å². The van der Waals surface area contributed by atoms with Gasteiger partial charge in [-0.1, -0.05) is 68.9 Å². The van der Waals surface area contributed by atoms with Crippen molar-refractivity contribution < 1.29 is 10.2 Å². The lowest BCUT2D eigenvalue weighted by Crippen LogP contribution is -2.14. The molecule has 3 nitrogen and oxygen atoms in total. The Bertz CT molecular complexity index is 1150. The highest BCUT2D eigenvalue weighted by atomic mass is 16.3. The lowest BCUT2D eigenvalue weighted by atomic mass is 9.99. The second-order valence-corrected chi connectivity index (χ2v) is 10.1. The van der Waals surface area contributed by atoms with Gasteiger partial charge in [-0.25, -0.2) is 0 Å². The van der Waals surface area contributed by atoms with E-state index in [0.717, 1.165) is 35.1 Å². The van der Waals surface area contributed by atoms with Crippen LogP contribution in [0.1, 0.15) is 78.4 Å². The monoisotopic (exact) mass is 443 g/mol. The Hall–Kier alpha value is -2.72. The maximum Gasteiger partial charge on any atom is 0.120 e. The van der Waals surface area contributed by atoms with Gasteiger partial charge in [0, 0.05) is 28.4 Å². The topological polar surface area (TPSA) is 45.4 Å². The molecule has 0 spiro atoms. The normalized spacial score (nSPS) is 12.8. The molecule has 3 rings (SSSR count). The van der Waals surface area contributed by atoms with Crippen LogP contribution in [0, 0.1) is 29.6 Å². The van der Waals surface area contributed by atoms with E-state index in [1.807, 2.05) is 12.1 Å². The Labute approximate surface area is 198 Å². The summed E-state index contributed by atoms with van der Waals surface area (Å²) in [7, 11) is 0. The standard InChI is InChI=1S/C30H37NO2/c1-7-9-10-22(8-2)21-31-27-19-23(15-17-29(3,4)32)11-13-25(27)26-14-12-24(20-28(26)31)16-18-30(5,6)33/h11-14,19-20,22,32-33H,7-10,21H2,1-6H3. The van der Waals surface area contributed by atoms with Crippen molar-refractivity contribution in [2.24, 2.45) is 5.92 Å². The largest absolute Gasteiger partial charge is 0.378 e. The predicted octanol–water partition coefficient (Wildman–Crippen LogP) is 6.26. The van der Waals surface area contributed by atoms with E-state index in [9.17, 15) is 10.2 Å². The molecule has 2 aromatic carbocycles. The van der Waals surface area contributed by atoms with Gasteiger partial charge < -0.3 is 14.8 Å². The lowest BCUT2D eigenvalue weighted by molar-refractivity contribution is 0.143. The van der Waals surface area contributed by atoms with Gasteiger partial charge >= 0.3 is 0 Å². The first-order valence-corrected chi connectivity index (χ1v) is 12.1. The second-order valence-electron chi connectivity index (χ2n) is 10.1. The Morgan fingerprint density at radius 2 is 1.30 bits per heavy atom. The van der Waals surface area contributed by atoms with Crippen LogP contribution in [-0.2, 0) is 6.54 Å². The number of unbranched alkanes of at least 4 members (excludes halogenated alkanes) is 1. The number of rotatable bonds is 6. The zero-order chi connectivity index (χ0) is 24.2. The summed E-state index contributed by atoms with van der Waals surface area (Å²) in [6.07, 6.45) is 4.79. The smallest absolute Gasteiger partial charge is 0.120 e. The minimum absolute atomic E-state index is 0.598. The van der Waals surface area contributed by atoms with Crippen molar-refractivity contribution in [1.82, 2.24) is 4.57 Å². The van der Waals surface area contributed by atoms with Gasteiger partial charge in [-0.3, -0.25) is 0 Å². The van der Waals surface area contributed by atoms with E-state index in [0.29, 0.717) is 5.92 Å². The number of nitrogens with zero attached hydrogens (tertiary/aromatic N) is 1. The molecule has 0 saturated heterocycles. The summed E-state index contributed by atoms with van der Waals surface area (Å²) < 4.78 is 2.42. The highest BCUT2D eigenvalue weighted by molar-refractivity contribution is 6.08. The van der Waals surface area contributed by atoms with Gasteiger partial charge in [0.15, 0.2) is 0 Å². The summed E-state index contributed by atoms with van der Waals surface area (Å²) in [6, 6.07) is 12.6. The molecule has 1 aromatic heterocycles. The van der Waals surface area contributed by atoms with Crippen LogP contribution in [0.25, 0.3) is 21.8 Å². The molecule has 0 aliphatic carbocycles. The van der Waals surface area contributed by atoms with Gasteiger partial charge in [0.2, 0.25) is 0 Å². The molecule has 3 heteroatoms. The molecule has 2 N–H and O–H groups in total. The summed E-state index contributed by atoms with van der Waals surface area (Å²) in [5.41, 5.74) is 2.08.